The van der Waals surface area contributed by atoms with Crippen molar-refractivity contribution in [2.75, 3.05) is 19.8 Å². The van der Waals surface area contributed by atoms with Gasteiger partial charge in [-0.15, -0.1) is 0 Å². The maximum atomic E-state index is 12.4. The molecule has 0 amide bonds. The summed E-state index contributed by atoms with van der Waals surface area (Å²) in [6.45, 7) is 6.85. The molecule has 0 aliphatic heterocycles. The summed E-state index contributed by atoms with van der Waals surface area (Å²) < 4.78 is 5.54. The number of aliphatic hydroxyl groups excluding tert-OH is 1. The van der Waals surface area contributed by atoms with Gasteiger partial charge in [0.25, 0.3) is 0 Å². The third-order valence-electron chi connectivity index (χ3n) is 3.97. The van der Waals surface area contributed by atoms with E-state index in [0.29, 0.717) is 19.4 Å². The molecule has 0 saturated carbocycles. The molecule has 24 heavy (non-hydrogen) atoms. The molecule has 130 valence electrons. The average molecular weight is 365 g/mol. The number of aliphatic hydroxyl groups is 1. The summed E-state index contributed by atoms with van der Waals surface area (Å²) >= 11 is 7.12. The zero-order chi connectivity index (χ0) is 17.7. The molecule has 0 saturated heterocycles. The van der Waals surface area contributed by atoms with Crippen LogP contribution in [-0.4, -0.2) is 35.6 Å². The summed E-state index contributed by atoms with van der Waals surface area (Å²) in [7, 11) is 0. The first-order valence-electron chi connectivity index (χ1n) is 8.20. The van der Waals surface area contributed by atoms with E-state index in [4.69, 9.17) is 22.1 Å². The van der Waals surface area contributed by atoms with Crippen molar-refractivity contribution in [2.45, 2.75) is 38.5 Å². The largest absolute Gasteiger partial charge is 0.394 e. The molecule has 0 radical (unpaired) electrons. The van der Waals surface area contributed by atoms with Gasteiger partial charge in [-0.1, -0.05) is 37.0 Å². The topological polar surface area (TPSA) is 46.5 Å². The minimum absolute atomic E-state index is 0.0116. The van der Waals surface area contributed by atoms with Gasteiger partial charge in [0, 0.05) is 32.6 Å². The van der Waals surface area contributed by atoms with Gasteiger partial charge in [0.15, 0.2) is 5.78 Å². The second kappa shape index (κ2) is 8.90. The second-order valence-electron chi connectivity index (χ2n) is 6.04. The van der Waals surface area contributed by atoms with Crippen LogP contribution in [0.25, 0.3) is 0 Å². The molecule has 1 atom stereocenters. The first kappa shape index (κ1) is 19.3. The Morgan fingerprint density at radius 1 is 1.29 bits per heavy atom. The van der Waals surface area contributed by atoms with E-state index in [1.807, 2.05) is 6.92 Å². The summed E-state index contributed by atoms with van der Waals surface area (Å²) in [5.74, 6) is 0.0813. The minimum Gasteiger partial charge on any atom is -0.394 e. The van der Waals surface area contributed by atoms with Crippen LogP contribution in [0.2, 0.25) is 0 Å². The number of thiocarbonyl (C=S) groups is 1. The molecular weight excluding hydrogens is 340 g/mol. The number of ketones is 1. The zero-order valence-corrected chi connectivity index (χ0v) is 16.1. The molecule has 0 aromatic heterocycles. The smallest absolute Gasteiger partial charge is 0.164 e. The van der Waals surface area contributed by atoms with Crippen LogP contribution in [-0.2, 0) is 9.53 Å². The number of ether oxygens (including phenoxy) is 1. The fraction of sp³-hybridized carbons (Fsp3) is 0.474. The summed E-state index contributed by atoms with van der Waals surface area (Å²) in [5.41, 5.74) is 3.27. The number of benzene rings is 1. The van der Waals surface area contributed by atoms with Gasteiger partial charge in [0.05, 0.1) is 19.8 Å². The van der Waals surface area contributed by atoms with E-state index in [9.17, 15) is 4.79 Å². The van der Waals surface area contributed by atoms with Gasteiger partial charge < -0.3 is 9.84 Å². The van der Waals surface area contributed by atoms with E-state index in [0.717, 1.165) is 20.2 Å². The number of hydrogen-bond acceptors (Lipinski definition) is 5. The zero-order valence-electron chi connectivity index (χ0n) is 14.4. The fourth-order valence-electron chi connectivity index (χ4n) is 2.94. The Kier molecular flexibility index (Phi) is 7.16. The van der Waals surface area contributed by atoms with Crippen LogP contribution >= 0.6 is 24.0 Å². The minimum atomic E-state index is -0.0509. The van der Waals surface area contributed by atoms with Crippen molar-refractivity contribution in [1.82, 2.24) is 0 Å². The van der Waals surface area contributed by atoms with Gasteiger partial charge in [-0.25, -0.2) is 0 Å². The van der Waals surface area contributed by atoms with Gasteiger partial charge in [0.1, 0.15) is 0 Å². The van der Waals surface area contributed by atoms with Crippen molar-refractivity contribution in [3.63, 3.8) is 0 Å². The van der Waals surface area contributed by atoms with Crippen molar-refractivity contribution < 1.29 is 14.6 Å². The van der Waals surface area contributed by atoms with Gasteiger partial charge in [-0.2, -0.15) is 0 Å². The molecule has 0 bridgehead atoms. The highest BCUT2D eigenvalue weighted by Gasteiger charge is 2.32. The van der Waals surface area contributed by atoms with Crippen molar-refractivity contribution >= 4 is 34.6 Å². The number of hydrogen-bond donors (Lipinski definition) is 1. The van der Waals surface area contributed by atoms with Gasteiger partial charge >= 0.3 is 0 Å². The molecule has 3 nitrogen and oxygen atoms in total. The van der Waals surface area contributed by atoms with Gasteiger partial charge in [0.2, 0.25) is 0 Å². The lowest BCUT2D eigenvalue weighted by atomic mass is 9.88. The molecule has 1 aromatic rings. The number of carbonyl (C=O) groups excluding carboxylic acids is 1. The third kappa shape index (κ3) is 4.76. The Bertz CT molecular complexity index is 644. The van der Waals surface area contributed by atoms with E-state index in [-0.39, 0.29) is 24.9 Å². The summed E-state index contributed by atoms with van der Waals surface area (Å²) in [4.78, 5) is 15.3. The normalized spacial score (nSPS) is 18.4. The van der Waals surface area contributed by atoms with E-state index in [2.05, 4.69) is 32.0 Å². The highest BCUT2D eigenvalue weighted by Crippen LogP contribution is 2.40. The first-order valence-corrected chi connectivity index (χ1v) is 9.42. The van der Waals surface area contributed by atoms with E-state index < -0.39 is 0 Å². The molecule has 1 aliphatic rings. The lowest BCUT2D eigenvalue weighted by Gasteiger charge is -2.28. The maximum absolute atomic E-state index is 12.4. The van der Waals surface area contributed by atoms with Crippen LogP contribution in [0.1, 0.15) is 30.9 Å². The number of allylic oxidation sites excluding steroid dienone is 1. The Balaban J connectivity index is 2.36. The number of aryl methyl sites for hydroxylation is 2. The molecule has 1 unspecified atom stereocenters. The van der Waals surface area contributed by atoms with Crippen LogP contribution in [0, 0.1) is 19.8 Å². The van der Waals surface area contributed by atoms with Crippen molar-refractivity contribution in [3.8, 4) is 0 Å². The van der Waals surface area contributed by atoms with Crippen LogP contribution < -0.4 is 0 Å². The second-order valence-corrected chi connectivity index (χ2v) is 7.68. The lowest BCUT2D eigenvalue weighted by molar-refractivity contribution is -0.114. The molecule has 1 aliphatic carbocycles. The van der Waals surface area contributed by atoms with E-state index in [1.165, 1.54) is 11.1 Å². The number of rotatable bonds is 7. The molecule has 1 aromatic carbocycles. The third-order valence-corrected chi connectivity index (χ3v) is 5.62. The molecular formula is C19H24O3S2. The highest BCUT2D eigenvalue weighted by atomic mass is 32.2. The number of thioether (sulfide) groups is 1. The predicted molar refractivity (Wildman–Crippen MR) is 103 cm³/mol. The number of Topliss-reactive ketones (excluding diaryl/α,β-unsaturated/α-hetero) is 1. The lowest BCUT2D eigenvalue weighted by Crippen LogP contribution is -2.30. The monoisotopic (exact) mass is 364 g/mol. The van der Waals surface area contributed by atoms with Crippen molar-refractivity contribution in [3.05, 3.63) is 39.8 Å². The molecule has 2 rings (SSSR count). The highest BCUT2D eigenvalue weighted by molar-refractivity contribution is 8.03. The first-order chi connectivity index (χ1) is 11.5. The van der Waals surface area contributed by atoms with Crippen LogP contribution in [0.4, 0.5) is 0 Å². The predicted octanol–water partition coefficient (Wildman–Crippen LogP) is 4.03. The Morgan fingerprint density at radius 2 is 1.96 bits per heavy atom. The number of carbonyl (C=O) groups is 1. The molecule has 0 fully saturated rings. The average Bonchev–Trinajstić information content (AvgIpc) is 2.49. The van der Waals surface area contributed by atoms with Gasteiger partial charge in [-0.05, 0) is 43.5 Å². The van der Waals surface area contributed by atoms with Gasteiger partial charge in [-0.3, -0.25) is 4.79 Å². The fourth-order valence-corrected chi connectivity index (χ4v) is 4.81. The van der Waals surface area contributed by atoms with E-state index >= 15 is 0 Å². The Labute approximate surface area is 153 Å². The van der Waals surface area contributed by atoms with Crippen LogP contribution in [0.15, 0.2) is 33.6 Å². The molecule has 5 heteroatoms. The van der Waals surface area contributed by atoms with E-state index in [1.54, 1.807) is 11.8 Å². The van der Waals surface area contributed by atoms with Crippen molar-refractivity contribution in [1.29, 1.82) is 0 Å². The Hall–Kier alpha value is -1.01. The van der Waals surface area contributed by atoms with Crippen LogP contribution in [0.3, 0.4) is 0 Å². The maximum Gasteiger partial charge on any atom is 0.164 e. The molecule has 0 heterocycles. The standard InChI is InChI=1S/C19H24O3S2/c1-4-15-17(21)10-18(23)16(11-22-6-5-20)19(15)24-14-8-12(2)7-13(3)9-14/h7-9,16,20H,4-6,10-11H2,1-3H3. The SMILES string of the molecule is CCC1=C(Sc2cc(C)cc(C)c2)C(COCCO)C(=S)CC1=O. The quantitative estimate of drug-likeness (QED) is 0.585. The summed E-state index contributed by atoms with van der Waals surface area (Å²) in [6, 6.07) is 6.40. The van der Waals surface area contributed by atoms with Crippen LogP contribution in [0.5, 0.6) is 0 Å². The van der Waals surface area contributed by atoms with Crippen molar-refractivity contribution in [2.24, 2.45) is 5.92 Å². The Morgan fingerprint density at radius 3 is 2.54 bits per heavy atom. The summed E-state index contributed by atoms with van der Waals surface area (Å²) in [6.07, 6.45) is 1.02. The summed E-state index contributed by atoms with van der Waals surface area (Å²) in [5, 5.41) is 8.93. The molecule has 0 spiro atoms. The molecule has 1 N–H and O–H groups in total.